The van der Waals surface area contributed by atoms with Crippen LogP contribution in [0.2, 0.25) is 5.04 Å². The number of hydrogen-bond donors (Lipinski definition) is 1. The molecule has 9 heteroatoms. The zero-order valence-electron chi connectivity index (χ0n) is 24.5. The summed E-state index contributed by atoms with van der Waals surface area (Å²) in [5, 5.41) is 4.93. The Labute approximate surface area is 243 Å². The number of hydrogen-bond acceptors (Lipinski definition) is 6. The minimum atomic E-state index is -2.69. The minimum Gasteiger partial charge on any atom is -0.405 e. The normalized spacial score (nSPS) is 23.3. The Morgan fingerprint density at radius 3 is 2.17 bits per heavy atom. The van der Waals surface area contributed by atoms with Gasteiger partial charge in [-0.2, -0.15) is 4.98 Å². The number of anilines is 1. The van der Waals surface area contributed by atoms with Crippen molar-refractivity contribution in [1.29, 1.82) is 0 Å². The molecule has 1 spiro atoms. The van der Waals surface area contributed by atoms with Crippen molar-refractivity contribution in [3.63, 3.8) is 0 Å². The molecule has 2 aliphatic heterocycles. The lowest BCUT2D eigenvalue weighted by Crippen LogP contribution is -2.67. The zero-order valence-corrected chi connectivity index (χ0v) is 25.5. The minimum absolute atomic E-state index is 0.119. The van der Waals surface area contributed by atoms with Crippen LogP contribution >= 0.6 is 0 Å². The Kier molecular flexibility index (Phi) is 8.61. The van der Waals surface area contributed by atoms with Crippen molar-refractivity contribution >= 4 is 30.4 Å². The van der Waals surface area contributed by atoms with Gasteiger partial charge in [-0.25, -0.2) is 4.79 Å². The first-order chi connectivity index (χ1) is 19.6. The molecule has 2 aromatic carbocycles. The second kappa shape index (κ2) is 12.0. The van der Waals surface area contributed by atoms with Crippen molar-refractivity contribution in [1.82, 2.24) is 9.55 Å². The molecular formula is C32H41N3O5Si. The molecule has 2 saturated heterocycles. The molecule has 3 heterocycles. The van der Waals surface area contributed by atoms with Crippen LogP contribution in [0, 0.1) is 0 Å². The van der Waals surface area contributed by atoms with E-state index in [-0.39, 0.29) is 22.9 Å². The molecule has 1 N–H and O–H groups in total. The Bertz CT molecular complexity index is 1350. The van der Waals surface area contributed by atoms with Crippen LogP contribution in [0.3, 0.4) is 0 Å². The first kappa shape index (κ1) is 29.4. The largest absolute Gasteiger partial charge is 0.405 e. The van der Waals surface area contributed by atoms with Gasteiger partial charge in [-0.15, -0.1) is 0 Å². The molecule has 2 fully saturated rings. The van der Waals surface area contributed by atoms with Gasteiger partial charge in [0.15, 0.2) is 5.79 Å². The highest BCUT2D eigenvalue weighted by Crippen LogP contribution is 2.43. The molecule has 1 aromatic heterocycles. The third kappa shape index (κ3) is 6.23. The van der Waals surface area contributed by atoms with E-state index in [0.29, 0.717) is 13.0 Å². The quantitative estimate of drug-likeness (QED) is 0.409. The number of benzene rings is 2. The van der Waals surface area contributed by atoms with Gasteiger partial charge in [0, 0.05) is 26.0 Å². The van der Waals surface area contributed by atoms with Crippen molar-refractivity contribution < 1.29 is 18.7 Å². The fourth-order valence-corrected chi connectivity index (χ4v) is 11.0. The van der Waals surface area contributed by atoms with Gasteiger partial charge in [0.25, 0.3) is 8.32 Å². The monoisotopic (exact) mass is 575 g/mol. The molecule has 0 aliphatic carbocycles. The number of aromatic nitrogens is 2. The van der Waals surface area contributed by atoms with E-state index in [0.717, 1.165) is 32.1 Å². The molecule has 1 amide bonds. The first-order valence-corrected chi connectivity index (χ1v) is 16.5. The van der Waals surface area contributed by atoms with Crippen LogP contribution in [0.25, 0.3) is 0 Å². The maximum absolute atomic E-state index is 12.8. The second-order valence-corrected chi connectivity index (χ2v) is 16.5. The lowest BCUT2D eigenvalue weighted by Gasteiger charge is -2.47. The Morgan fingerprint density at radius 2 is 1.61 bits per heavy atom. The number of nitrogens with one attached hydrogen (secondary N) is 1. The molecule has 0 radical (unpaired) electrons. The van der Waals surface area contributed by atoms with Gasteiger partial charge >= 0.3 is 5.69 Å². The zero-order chi connectivity index (χ0) is 29.1. The lowest BCUT2D eigenvalue weighted by molar-refractivity contribution is -0.330. The highest BCUT2D eigenvalue weighted by atomic mass is 28.4. The maximum Gasteiger partial charge on any atom is 0.351 e. The summed E-state index contributed by atoms with van der Waals surface area (Å²) in [6.45, 7) is 8.69. The number of carbonyl (C=O) groups is 1. The van der Waals surface area contributed by atoms with Crippen molar-refractivity contribution in [2.45, 2.75) is 89.4 Å². The van der Waals surface area contributed by atoms with Crippen molar-refractivity contribution in [2.75, 3.05) is 11.9 Å². The summed E-state index contributed by atoms with van der Waals surface area (Å²) in [5.41, 5.74) is -0.458. The van der Waals surface area contributed by atoms with E-state index in [9.17, 15) is 9.59 Å². The first-order valence-electron chi connectivity index (χ1n) is 14.6. The summed E-state index contributed by atoms with van der Waals surface area (Å²) in [5.74, 6) is -0.806. The van der Waals surface area contributed by atoms with Gasteiger partial charge in [-0.1, -0.05) is 81.4 Å². The van der Waals surface area contributed by atoms with E-state index in [1.165, 1.54) is 21.9 Å². The van der Waals surface area contributed by atoms with Crippen LogP contribution in [0.5, 0.6) is 0 Å². The van der Waals surface area contributed by atoms with Gasteiger partial charge in [0.2, 0.25) is 5.91 Å². The summed E-state index contributed by atoms with van der Waals surface area (Å²) >= 11 is 0. The molecular weight excluding hydrogens is 534 g/mol. The van der Waals surface area contributed by atoms with Crippen molar-refractivity contribution in [3.05, 3.63) is 83.4 Å². The van der Waals surface area contributed by atoms with Crippen LogP contribution < -0.4 is 21.4 Å². The molecule has 3 atom stereocenters. The fraction of sp³-hybridized carbons (Fsp3) is 0.469. The van der Waals surface area contributed by atoms with E-state index < -0.39 is 26.0 Å². The van der Waals surface area contributed by atoms with Gasteiger partial charge in [0.1, 0.15) is 12.0 Å². The predicted octanol–water partition coefficient (Wildman–Crippen LogP) is 4.74. The average molecular weight is 576 g/mol. The second-order valence-electron chi connectivity index (χ2n) is 12.2. The van der Waals surface area contributed by atoms with Crippen LogP contribution in [-0.4, -0.2) is 42.3 Å². The summed E-state index contributed by atoms with van der Waals surface area (Å²) in [6.07, 6.45) is 5.97. The highest BCUT2D eigenvalue weighted by molar-refractivity contribution is 6.99. The molecule has 2 aliphatic rings. The standard InChI is InChI=1S/C32H41N3O5Si/c1-24(36)33-28-19-22-35(30(37)34-28)29-18-12-21-32(40-29)20-11-13-25(39-32)23-38-41(31(2,3)4,26-14-7-5-8-15-26)27-16-9-6-10-17-27/h5-10,14-17,19,22,25,29H,11-13,18,20-21,23H2,1-4H3,(H,33,34,36,37)/t25-,29+,32-/m0/s1. The molecule has 41 heavy (non-hydrogen) atoms. The topological polar surface area (TPSA) is 91.7 Å². The molecule has 8 nitrogen and oxygen atoms in total. The van der Waals surface area contributed by atoms with Crippen molar-refractivity contribution in [3.8, 4) is 0 Å². The van der Waals surface area contributed by atoms with E-state index in [1.54, 1.807) is 12.3 Å². The fourth-order valence-electron chi connectivity index (χ4n) is 6.38. The molecule has 5 rings (SSSR count). The smallest absolute Gasteiger partial charge is 0.351 e. The molecule has 3 aromatic rings. The molecule has 0 saturated carbocycles. The van der Waals surface area contributed by atoms with Gasteiger partial charge < -0.3 is 19.2 Å². The molecule has 0 unspecified atom stereocenters. The molecule has 218 valence electrons. The van der Waals surface area contributed by atoms with E-state index >= 15 is 0 Å². The summed E-state index contributed by atoms with van der Waals surface area (Å²) < 4.78 is 22.0. The van der Waals surface area contributed by atoms with E-state index in [2.05, 4.69) is 91.7 Å². The third-order valence-corrected chi connectivity index (χ3v) is 13.2. The summed E-state index contributed by atoms with van der Waals surface area (Å²) in [7, 11) is -2.69. The number of ether oxygens (including phenoxy) is 2. The predicted molar refractivity (Wildman–Crippen MR) is 162 cm³/mol. The Hall–Kier alpha value is -3.11. The van der Waals surface area contributed by atoms with Crippen molar-refractivity contribution in [2.24, 2.45) is 0 Å². The lowest BCUT2D eigenvalue weighted by atomic mass is 9.94. The Balaban J connectivity index is 1.36. The number of rotatable bonds is 7. The maximum atomic E-state index is 12.8. The SMILES string of the molecule is CC(=O)Nc1ccn([C@H]2CCC[C@]3(CCC[C@@H](CO[Si](c4ccccc4)(c4ccccc4)C(C)(C)C)O3)O2)c(=O)n1. The number of carbonyl (C=O) groups excluding carboxylic acids is 1. The Morgan fingerprint density at radius 1 is 1.00 bits per heavy atom. The molecule has 0 bridgehead atoms. The van der Waals surface area contributed by atoms with Crippen LogP contribution in [0.4, 0.5) is 5.82 Å². The van der Waals surface area contributed by atoms with E-state index in [1.807, 2.05) is 0 Å². The summed E-state index contributed by atoms with van der Waals surface area (Å²) in [4.78, 5) is 28.2. The van der Waals surface area contributed by atoms with Crippen LogP contribution in [-0.2, 0) is 18.7 Å². The number of amides is 1. The summed E-state index contributed by atoms with van der Waals surface area (Å²) in [6, 6.07) is 22.9. The van der Waals surface area contributed by atoms with Gasteiger partial charge in [-0.3, -0.25) is 9.36 Å². The van der Waals surface area contributed by atoms with Gasteiger partial charge in [0.05, 0.1) is 12.7 Å². The third-order valence-electron chi connectivity index (χ3n) is 8.17. The van der Waals surface area contributed by atoms with Crippen LogP contribution in [0.1, 0.15) is 72.4 Å². The average Bonchev–Trinajstić information content (AvgIpc) is 2.94. The highest BCUT2D eigenvalue weighted by Gasteiger charge is 2.51. The van der Waals surface area contributed by atoms with E-state index in [4.69, 9.17) is 13.9 Å². The van der Waals surface area contributed by atoms with Gasteiger partial charge in [-0.05, 0) is 47.2 Å². The van der Waals surface area contributed by atoms with Crippen LogP contribution in [0.15, 0.2) is 77.7 Å². The number of nitrogens with zero attached hydrogens (tertiary/aromatic N) is 2.